The molecule has 0 amide bonds. The second kappa shape index (κ2) is 10.7. The fourth-order valence-corrected chi connectivity index (χ4v) is 5.75. The summed E-state index contributed by atoms with van der Waals surface area (Å²) in [5.74, 6) is 2.85. The van der Waals surface area contributed by atoms with E-state index in [9.17, 15) is 0 Å². The Hall–Kier alpha value is -2.90. The summed E-state index contributed by atoms with van der Waals surface area (Å²) in [5, 5.41) is 0. The number of rotatable bonds is 8. The maximum atomic E-state index is 6.31. The summed E-state index contributed by atoms with van der Waals surface area (Å²) in [6, 6.07) is 27.3. The Morgan fingerprint density at radius 3 is 1.92 bits per heavy atom. The van der Waals surface area contributed by atoms with E-state index in [0.717, 1.165) is 35.6 Å². The molecule has 38 heavy (non-hydrogen) atoms. The fraction of sp³-hybridized carbons (Fsp3) is 0.324. The van der Waals surface area contributed by atoms with E-state index in [0.29, 0.717) is 25.0 Å². The number of pyridine rings is 1. The normalized spacial score (nSPS) is 17.6. The molecule has 2 unspecified atom stereocenters. The van der Waals surface area contributed by atoms with Crippen molar-refractivity contribution < 1.29 is 30.5 Å². The van der Waals surface area contributed by atoms with E-state index in [4.69, 9.17) is 14.5 Å². The average molecular weight is 684 g/mol. The van der Waals surface area contributed by atoms with Gasteiger partial charge in [-0.1, -0.05) is 64.3 Å². The van der Waals surface area contributed by atoms with Crippen molar-refractivity contribution in [1.82, 2.24) is 4.98 Å². The molecule has 1 aromatic heterocycles. The molecule has 0 radical (unpaired) electrons. The largest absolute Gasteiger partial charge is 0.493 e. The third-order valence-electron chi connectivity index (χ3n) is 8.25. The Balaban J connectivity index is 0.00000294. The van der Waals surface area contributed by atoms with Crippen molar-refractivity contribution in [2.45, 2.75) is 46.0 Å². The molecule has 2 atom stereocenters. The summed E-state index contributed by atoms with van der Waals surface area (Å²) in [7, 11) is 0. The maximum Gasteiger partial charge on any atom is 0.119 e. The van der Waals surface area contributed by atoms with Gasteiger partial charge >= 0.3 is 0 Å². The molecule has 0 aliphatic heterocycles. The van der Waals surface area contributed by atoms with Gasteiger partial charge in [-0.15, -0.1) is 35.4 Å². The molecule has 0 bridgehead atoms. The van der Waals surface area contributed by atoms with Gasteiger partial charge in [-0.05, 0) is 70.1 Å². The van der Waals surface area contributed by atoms with Crippen molar-refractivity contribution in [3.05, 3.63) is 101 Å². The van der Waals surface area contributed by atoms with Gasteiger partial charge in [0.1, 0.15) is 11.5 Å². The van der Waals surface area contributed by atoms with Gasteiger partial charge in [-0.3, -0.25) is 0 Å². The van der Waals surface area contributed by atoms with Gasteiger partial charge in [-0.25, -0.2) is 0 Å². The van der Waals surface area contributed by atoms with Crippen molar-refractivity contribution in [3.63, 3.8) is 0 Å². The second-order valence-corrected chi connectivity index (χ2v) is 10.7. The quantitative estimate of drug-likeness (QED) is 0.152. The first-order valence-electron chi connectivity index (χ1n) is 13.6. The number of ether oxygens (including phenoxy) is 2. The summed E-state index contributed by atoms with van der Waals surface area (Å²) < 4.78 is 12.6. The summed E-state index contributed by atoms with van der Waals surface area (Å²) in [6.07, 6.45) is 4.08. The zero-order valence-electron chi connectivity index (χ0n) is 22.5. The Morgan fingerprint density at radius 2 is 1.34 bits per heavy atom. The summed E-state index contributed by atoms with van der Waals surface area (Å²) in [5.41, 5.74) is 9.01. The van der Waals surface area contributed by atoms with Gasteiger partial charge in [0.15, 0.2) is 0 Å². The molecule has 1 heterocycles. The van der Waals surface area contributed by atoms with Crippen LogP contribution in [0.3, 0.4) is 0 Å². The van der Waals surface area contributed by atoms with Crippen LogP contribution in [0.25, 0.3) is 22.4 Å². The number of hydrogen-bond donors (Lipinski definition) is 0. The van der Waals surface area contributed by atoms with Gasteiger partial charge in [-0.2, -0.15) is 0 Å². The zero-order chi connectivity index (χ0) is 25.6. The van der Waals surface area contributed by atoms with Gasteiger partial charge in [0.05, 0.1) is 13.2 Å². The summed E-state index contributed by atoms with van der Waals surface area (Å²) in [4.78, 5) is 4.86. The third-order valence-corrected chi connectivity index (χ3v) is 8.25. The van der Waals surface area contributed by atoms with Crippen LogP contribution in [0.2, 0.25) is 0 Å². The fourth-order valence-electron chi connectivity index (χ4n) is 5.75. The van der Waals surface area contributed by atoms with Crippen molar-refractivity contribution in [2.24, 2.45) is 11.8 Å². The molecule has 2 aliphatic rings. The van der Waals surface area contributed by atoms with E-state index in [1.165, 1.54) is 33.4 Å². The molecule has 198 valence electrons. The van der Waals surface area contributed by atoms with E-state index in [1.54, 1.807) is 0 Å². The standard InChI is InChI=1S/C34H34NO2.Pt/c1-5-22(3)20-36-24-13-15-26-27-16-14-25(37-21-23(4)6-2)19-32(27)34(31(26)18-24)29-11-8-7-10-28(29)33-30(34)12-9-17-35-33;/h7-9,11-19,22-23H,5-6,20-21H2,1-4H3;/q-1;. The van der Waals surface area contributed by atoms with E-state index in [2.05, 4.69) is 94.4 Å². The van der Waals surface area contributed by atoms with Crippen molar-refractivity contribution in [1.29, 1.82) is 0 Å². The monoisotopic (exact) mass is 683 g/mol. The molecule has 0 fully saturated rings. The number of nitrogens with zero attached hydrogens (tertiary/aromatic N) is 1. The average Bonchev–Trinajstić information content (AvgIpc) is 3.41. The van der Waals surface area contributed by atoms with Gasteiger partial charge in [0.25, 0.3) is 0 Å². The molecule has 0 saturated carbocycles. The minimum Gasteiger partial charge on any atom is -0.493 e. The first-order valence-corrected chi connectivity index (χ1v) is 13.6. The van der Waals surface area contributed by atoms with Crippen LogP contribution in [0.15, 0.2) is 72.9 Å². The van der Waals surface area contributed by atoms with Crippen LogP contribution >= 0.6 is 0 Å². The summed E-state index contributed by atoms with van der Waals surface area (Å²) >= 11 is 0. The van der Waals surface area contributed by atoms with Crippen molar-refractivity contribution >= 4 is 0 Å². The van der Waals surface area contributed by atoms with Gasteiger partial charge in [0.2, 0.25) is 0 Å². The minimum absolute atomic E-state index is 0. The second-order valence-electron chi connectivity index (χ2n) is 10.7. The van der Waals surface area contributed by atoms with Gasteiger partial charge < -0.3 is 14.5 Å². The van der Waals surface area contributed by atoms with Crippen LogP contribution in [0.1, 0.15) is 62.8 Å². The van der Waals surface area contributed by atoms with Crippen LogP contribution < -0.4 is 9.47 Å². The molecular weight excluding hydrogens is 649 g/mol. The van der Waals surface area contributed by atoms with Crippen LogP contribution in [0, 0.1) is 17.9 Å². The smallest absolute Gasteiger partial charge is 0.119 e. The minimum atomic E-state index is -0.479. The molecule has 2 aliphatic carbocycles. The first kappa shape index (κ1) is 26.7. The Labute approximate surface area is 240 Å². The van der Waals surface area contributed by atoms with Crippen LogP contribution in [0.5, 0.6) is 11.5 Å². The van der Waals surface area contributed by atoms with Gasteiger partial charge in [0, 0.05) is 32.7 Å². The molecular formula is C34H34NO2Pt-. The molecule has 6 rings (SSSR count). The summed E-state index contributed by atoms with van der Waals surface area (Å²) in [6.45, 7) is 10.3. The first-order chi connectivity index (χ1) is 18.1. The zero-order valence-corrected chi connectivity index (χ0v) is 24.8. The molecule has 0 saturated heterocycles. The predicted octanol–water partition coefficient (Wildman–Crippen LogP) is 8.07. The van der Waals surface area contributed by atoms with Crippen LogP contribution in [-0.4, -0.2) is 18.2 Å². The number of hydrogen-bond acceptors (Lipinski definition) is 3. The molecule has 0 N–H and O–H groups in total. The third kappa shape index (κ3) is 4.11. The number of fused-ring (bicyclic) bond motifs is 10. The molecule has 4 heteroatoms. The molecule has 1 spiro atoms. The van der Waals surface area contributed by atoms with E-state index < -0.39 is 5.41 Å². The molecule has 3 aromatic carbocycles. The predicted molar refractivity (Wildman–Crippen MR) is 149 cm³/mol. The SMILES string of the molecule is CCC(C)COc1ccc2c(c1)C1(c3ccc[c-]c3-c3ncccc31)c1cc(OCC(C)CC)ccc1-2.[Pt]. The van der Waals surface area contributed by atoms with E-state index >= 15 is 0 Å². The molecule has 4 aromatic rings. The Bertz CT molecular complexity index is 1350. The van der Waals surface area contributed by atoms with E-state index in [1.807, 2.05) is 12.3 Å². The molecule has 3 nitrogen and oxygen atoms in total. The van der Waals surface area contributed by atoms with Crippen LogP contribution in [-0.2, 0) is 26.5 Å². The maximum absolute atomic E-state index is 6.31. The number of aromatic nitrogens is 1. The Morgan fingerprint density at radius 1 is 0.763 bits per heavy atom. The number of benzene rings is 3. The van der Waals surface area contributed by atoms with Crippen molar-refractivity contribution in [2.75, 3.05) is 13.2 Å². The Kier molecular flexibility index (Phi) is 7.51. The topological polar surface area (TPSA) is 31.4 Å². The van der Waals surface area contributed by atoms with Crippen LogP contribution in [0.4, 0.5) is 0 Å². The van der Waals surface area contributed by atoms with E-state index in [-0.39, 0.29) is 21.1 Å². The van der Waals surface area contributed by atoms with Crippen molar-refractivity contribution in [3.8, 4) is 33.9 Å².